The molecule has 2 rings (SSSR count). The molecule has 1 aromatic rings. The van der Waals surface area contributed by atoms with Gasteiger partial charge in [0, 0.05) is 29.8 Å². The molecular weight excluding hydrogens is 266 g/mol. The number of nitrogens with one attached hydrogen (secondary N) is 1. The van der Waals surface area contributed by atoms with Crippen LogP contribution in [-0.4, -0.2) is 19.4 Å². The normalized spacial score (nSPS) is 13.5. The van der Waals surface area contributed by atoms with E-state index in [1.165, 1.54) is 5.54 Å². The summed E-state index contributed by atoms with van der Waals surface area (Å²) in [4.78, 5) is 0. The van der Waals surface area contributed by atoms with Crippen LogP contribution in [0.25, 0.3) is 0 Å². The van der Waals surface area contributed by atoms with E-state index in [-0.39, 0.29) is 6.79 Å². The number of ether oxygens (including phenoxy) is 3. The second-order valence-corrected chi connectivity index (χ2v) is 4.77. The predicted octanol–water partition coefficient (Wildman–Crippen LogP) is 3.04. The van der Waals surface area contributed by atoms with Crippen LogP contribution in [0.3, 0.4) is 0 Å². The van der Waals surface area contributed by atoms with E-state index in [1.807, 2.05) is 12.1 Å². The Kier molecular flexibility index (Phi) is 4.93. The summed E-state index contributed by atoms with van der Waals surface area (Å²) in [6, 6.07) is 4.22. The topological polar surface area (TPSA) is 39.7 Å². The van der Waals surface area contributed by atoms with Gasteiger partial charge in [0.2, 0.25) is 6.79 Å². The molecule has 19 heavy (non-hydrogen) atoms. The maximum atomic E-state index is 5.69. The van der Waals surface area contributed by atoms with Crippen molar-refractivity contribution in [2.45, 2.75) is 26.4 Å². The van der Waals surface area contributed by atoms with Crippen LogP contribution in [0.4, 0.5) is 0 Å². The predicted molar refractivity (Wildman–Crippen MR) is 75.0 cm³/mol. The van der Waals surface area contributed by atoms with Crippen molar-refractivity contribution in [2.75, 3.05) is 13.4 Å². The monoisotopic (exact) mass is 283 g/mol. The van der Waals surface area contributed by atoms with Crippen molar-refractivity contribution < 1.29 is 14.2 Å². The Morgan fingerprint density at radius 2 is 2.11 bits per heavy atom. The number of hydrogen-bond donors (Lipinski definition) is 1. The Labute approximate surface area is 118 Å². The highest BCUT2D eigenvalue weighted by molar-refractivity contribution is 6.25. The largest absolute Gasteiger partial charge is 0.489 e. The first kappa shape index (κ1) is 14.0. The van der Waals surface area contributed by atoms with Gasteiger partial charge in [-0.2, -0.15) is 0 Å². The van der Waals surface area contributed by atoms with Gasteiger partial charge in [-0.25, -0.2) is 0 Å². The van der Waals surface area contributed by atoms with Gasteiger partial charge in [-0.3, -0.25) is 0 Å². The first-order valence-corrected chi connectivity index (χ1v) is 6.68. The van der Waals surface area contributed by atoms with E-state index in [4.69, 9.17) is 25.8 Å². The molecule has 4 nitrogen and oxygen atoms in total. The molecule has 1 N–H and O–H groups in total. The van der Waals surface area contributed by atoms with Crippen LogP contribution in [-0.2, 0) is 6.54 Å². The number of rotatable bonds is 6. The van der Waals surface area contributed by atoms with E-state index < -0.39 is 0 Å². The van der Waals surface area contributed by atoms with Crippen LogP contribution in [0.2, 0.25) is 0 Å². The van der Waals surface area contributed by atoms with Gasteiger partial charge in [0.05, 0.1) is 0 Å². The summed E-state index contributed by atoms with van der Waals surface area (Å²) in [6.07, 6.45) is 1.74. The Morgan fingerprint density at radius 3 is 2.79 bits per heavy atom. The average Bonchev–Trinajstić information content (AvgIpc) is 2.83. The molecule has 5 heteroatoms. The minimum absolute atomic E-state index is 0.261. The lowest BCUT2D eigenvalue weighted by molar-refractivity contribution is 0.174. The molecule has 0 amide bonds. The highest BCUT2D eigenvalue weighted by Gasteiger charge is 2.18. The second-order valence-electron chi connectivity index (χ2n) is 4.52. The molecule has 0 spiro atoms. The molecular formula is C14H18ClNO3. The van der Waals surface area contributed by atoms with Crippen molar-refractivity contribution in [3.8, 4) is 17.2 Å². The van der Waals surface area contributed by atoms with E-state index in [2.05, 4.69) is 19.2 Å². The molecule has 0 bridgehead atoms. The fourth-order valence-corrected chi connectivity index (χ4v) is 1.80. The van der Waals surface area contributed by atoms with E-state index in [0.717, 1.165) is 22.8 Å². The number of fused-ring (bicyclic) bond motifs is 1. The summed E-state index contributed by atoms with van der Waals surface area (Å²) >= 11 is 5.49. The zero-order valence-corrected chi connectivity index (χ0v) is 11.9. The minimum atomic E-state index is 0.261. The highest BCUT2D eigenvalue weighted by atomic mass is 35.5. The van der Waals surface area contributed by atoms with Crippen molar-refractivity contribution in [1.29, 1.82) is 0 Å². The molecule has 0 aliphatic carbocycles. The lowest BCUT2D eigenvalue weighted by Crippen LogP contribution is -2.22. The van der Waals surface area contributed by atoms with E-state index in [9.17, 15) is 0 Å². The van der Waals surface area contributed by atoms with Crippen LogP contribution in [0.15, 0.2) is 23.7 Å². The SMILES string of the molecule is CC(C)NCc1cc2c(cc1OCC=CCl)OCO2. The van der Waals surface area contributed by atoms with Gasteiger partial charge in [0.15, 0.2) is 11.5 Å². The molecule has 0 fully saturated rings. The summed E-state index contributed by atoms with van der Waals surface area (Å²) < 4.78 is 16.4. The van der Waals surface area contributed by atoms with Gasteiger partial charge in [0.1, 0.15) is 12.4 Å². The summed E-state index contributed by atoms with van der Waals surface area (Å²) in [5.41, 5.74) is 2.49. The number of hydrogen-bond acceptors (Lipinski definition) is 4. The average molecular weight is 284 g/mol. The summed E-state index contributed by atoms with van der Waals surface area (Å²) in [6.45, 7) is 5.61. The van der Waals surface area contributed by atoms with Gasteiger partial charge in [-0.05, 0) is 12.1 Å². The zero-order chi connectivity index (χ0) is 13.7. The third-order valence-electron chi connectivity index (χ3n) is 2.68. The first-order chi connectivity index (χ1) is 9.20. The lowest BCUT2D eigenvalue weighted by atomic mass is 10.1. The third-order valence-corrected chi connectivity index (χ3v) is 2.86. The standard InChI is InChI=1S/C14H18ClNO3/c1-10(2)16-8-11-6-13-14(19-9-18-13)7-12(11)17-5-3-4-15/h3-4,6-7,10,16H,5,8-9H2,1-2H3. The van der Waals surface area contributed by atoms with Crippen molar-refractivity contribution >= 4 is 11.6 Å². The molecule has 0 atom stereocenters. The maximum absolute atomic E-state index is 5.69. The smallest absolute Gasteiger partial charge is 0.231 e. The van der Waals surface area contributed by atoms with Crippen LogP contribution < -0.4 is 19.5 Å². The van der Waals surface area contributed by atoms with Gasteiger partial charge >= 0.3 is 0 Å². The van der Waals surface area contributed by atoms with Gasteiger partial charge < -0.3 is 19.5 Å². The summed E-state index contributed by atoms with van der Waals surface area (Å²) in [5.74, 6) is 2.27. The zero-order valence-electron chi connectivity index (χ0n) is 11.1. The second kappa shape index (κ2) is 6.68. The highest BCUT2D eigenvalue weighted by Crippen LogP contribution is 2.38. The molecule has 0 radical (unpaired) electrons. The number of benzene rings is 1. The molecule has 0 saturated carbocycles. The summed E-state index contributed by atoms with van der Waals surface area (Å²) in [7, 11) is 0. The molecule has 0 unspecified atom stereocenters. The lowest BCUT2D eigenvalue weighted by Gasteiger charge is -2.14. The maximum Gasteiger partial charge on any atom is 0.231 e. The molecule has 104 valence electrons. The van der Waals surface area contributed by atoms with Gasteiger partial charge in [0.25, 0.3) is 0 Å². The fraction of sp³-hybridized carbons (Fsp3) is 0.429. The van der Waals surface area contributed by atoms with E-state index in [0.29, 0.717) is 19.2 Å². The van der Waals surface area contributed by atoms with Gasteiger partial charge in [-0.1, -0.05) is 25.4 Å². The Bertz CT molecular complexity index is 460. The Hall–Kier alpha value is -1.39. The number of halogens is 1. The van der Waals surface area contributed by atoms with Crippen LogP contribution in [0, 0.1) is 0 Å². The van der Waals surface area contributed by atoms with Gasteiger partial charge in [-0.15, -0.1) is 0 Å². The van der Waals surface area contributed by atoms with Crippen LogP contribution in [0.1, 0.15) is 19.4 Å². The van der Waals surface area contributed by atoms with E-state index in [1.54, 1.807) is 6.08 Å². The van der Waals surface area contributed by atoms with E-state index >= 15 is 0 Å². The van der Waals surface area contributed by atoms with Crippen LogP contribution >= 0.6 is 11.6 Å². The Morgan fingerprint density at radius 1 is 1.37 bits per heavy atom. The fourth-order valence-electron chi connectivity index (χ4n) is 1.73. The Balaban J connectivity index is 2.16. The quantitative estimate of drug-likeness (QED) is 0.871. The third kappa shape index (κ3) is 3.78. The van der Waals surface area contributed by atoms with Crippen molar-refractivity contribution in [3.05, 3.63) is 29.3 Å². The van der Waals surface area contributed by atoms with Crippen LogP contribution in [0.5, 0.6) is 17.2 Å². The molecule has 1 aromatic carbocycles. The molecule has 1 aliphatic rings. The summed E-state index contributed by atoms with van der Waals surface area (Å²) in [5, 5.41) is 3.36. The van der Waals surface area contributed by atoms with Crippen molar-refractivity contribution in [3.63, 3.8) is 0 Å². The molecule has 1 heterocycles. The van der Waals surface area contributed by atoms with Crippen molar-refractivity contribution in [2.24, 2.45) is 0 Å². The first-order valence-electron chi connectivity index (χ1n) is 6.24. The molecule has 1 aliphatic heterocycles. The molecule has 0 aromatic heterocycles. The van der Waals surface area contributed by atoms with Crippen molar-refractivity contribution in [1.82, 2.24) is 5.32 Å². The minimum Gasteiger partial charge on any atom is -0.489 e. The molecule has 0 saturated heterocycles.